The highest BCUT2D eigenvalue weighted by Gasteiger charge is 2.28. The van der Waals surface area contributed by atoms with Gasteiger partial charge in [0.15, 0.2) is 18.1 Å². The standard InChI is InChI=1S/C31H29ClN4O7S/c1-41-28-16-15-27(18-29(28)42-2)44(39,40)36(25-9-4-3-5-10-25)20-30(37)35-33-19-22-11-13-26(14-12-22)43-21-31(38)34-24-8-6-7-23(32)17-24/h3-19H,20-21H2,1-2H3,(H,34,38)(H,35,37)/b33-19-. The van der Waals surface area contributed by atoms with E-state index in [1.54, 1.807) is 78.9 Å². The lowest BCUT2D eigenvalue weighted by Gasteiger charge is -2.24. The molecule has 4 aromatic rings. The molecule has 0 aliphatic heterocycles. The van der Waals surface area contributed by atoms with Crippen molar-refractivity contribution in [3.05, 3.63) is 108 Å². The number of nitrogens with zero attached hydrogens (tertiary/aromatic N) is 2. The Bertz CT molecular complexity index is 1730. The summed E-state index contributed by atoms with van der Waals surface area (Å²) in [5.74, 6) is 0.0287. The lowest BCUT2D eigenvalue weighted by Crippen LogP contribution is -2.39. The topological polar surface area (TPSA) is 136 Å². The zero-order chi connectivity index (χ0) is 31.5. The summed E-state index contributed by atoms with van der Waals surface area (Å²) in [6, 6.07) is 25.8. The van der Waals surface area contributed by atoms with Gasteiger partial charge in [0.1, 0.15) is 12.3 Å². The van der Waals surface area contributed by atoms with Crippen molar-refractivity contribution >= 4 is 51.0 Å². The van der Waals surface area contributed by atoms with Gasteiger partial charge in [-0.25, -0.2) is 13.8 Å². The van der Waals surface area contributed by atoms with Gasteiger partial charge in [0.05, 0.1) is 31.0 Å². The Balaban J connectivity index is 1.37. The van der Waals surface area contributed by atoms with E-state index in [2.05, 4.69) is 15.8 Å². The van der Waals surface area contributed by atoms with Crippen LogP contribution in [0.5, 0.6) is 17.2 Å². The van der Waals surface area contributed by atoms with E-state index >= 15 is 0 Å². The SMILES string of the molecule is COc1ccc(S(=O)(=O)N(CC(=O)N/N=C\c2ccc(OCC(=O)Nc3cccc(Cl)c3)cc2)c2ccccc2)cc1OC. The van der Waals surface area contributed by atoms with Crippen LogP contribution < -0.4 is 29.3 Å². The number of anilines is 2. The highest BCUT2D eigenvalue weighted by molar-refractivity contribution is 7.92. The van der Waals surface area contributed by atoms with Gasteiger partial charge in [0.25, 0.3) is 21.8 Å². The maximum Gasteiger partial charge on any atom is 0.264 e. The monoisotopic (exact) mass is 636 g/mol. The molecule has 0 saturated heterocycles. The molecular formula is C31H29ClN4O7S. The van der Waals surface area contributed by atoms with Crippen LogP contribution in [0.15, 0.2) is 107 Å². The fourth-order valence-electron chi connectivity index (χ4n) is 3.92. The molecule has 4 aromatic carbocycles. The molecule has 2 N–H and O–H groups in total. The van der Waals surface area contributed by atoms with E-state index in [0.717, 1.165) is 4.31 Å². The Labute approximate surface area is 260 Å². The Kier molecular flexibility index (Phi) is 10.8. The van der Waals surface area contributed by atoms with Crippen LogP contribution in [-0.2, 0) is 19.6 Å². The molecule has 0 aromatic heterocycles. The Morgan fingerprint density at radius 3 is 2.27 bits per heavy atom. The third-order valence-corrected chi connectivity index (χ3v) is 8.04. The van der Waals surface area contributed by atoms with Crippen LogP contribution in [0, 0.1) is 0 Å². The number of amides is 2. The number of rotatable bonds is 13. The molecule has 0 unspecified atom stereocenters. The van der Waals surface area contributed by atoms with Gasteiger partial charge in [-0.15, -0.1) is 0 Å². The van der Waals surface area contributed by atoms with E-state index in [1.807, 2.05) is 0 Å². The molecular weight excluding hydrogens is 608 g/mol. The Hall–Kier alpha value is -5.07. The summed E-state index contributed by atoms with van der Waals surface area (Å²) >= 11 is 5.93. The summed E-state index contributed by atoms with van der Waals surface area (Å²) in [4.78, 5) is 24.9. The minimum absolute atomic E-state index is 0.0837. The zero-order valence-corrected chi connectivity index (χ0v) is 25.3. The van der Waals surface area contributed by atoms with Crippen LogP contribution in [0.2, 0.25) is 5.02 Å². The van der Waals surface area contributed by atoms with Crippen LogP contribution in [0.25, 0.3) is 0 Å². The van der Waals surface area contributed by atoms with E-state index in [9.17, 15) is 18.0 Å². The largest absolute Gasteiger partial charge is 0.493 e. The molecule has 11 nitrogen and oxygen atoms in total. The molecule has 0 fully saturated rings. The maximum atomic E-state index is 13.6. The van der Waals surface area contributed by atoms with E-state index in [1.165, 1.54) is 38.6 Å². The fourth-order valence-corrected chi connectivity index (χ4v) is 5.55. The average molecular weight is 637 g/mol. The van der Waals surface area contributed by atoms with Gasteiger partial charge in [-0.2, -0.15) is 5.10 Å². The Morgan fingerprint density at radius 2 is 1.59 bits per heavy atom. The van der Waals surface area contributed by atoms with E-state index in [-0.39, 0.29) is 23.2 Å². The molecule has 0 radical (unpaired) electrons. The average Bonchev–Trinajstić information content (AvgIpc) is 3.03. The van der Waals surface area contributed by atoms with Gasteiger partial charge in [-0.05, 0) is 72.3 Å². The van der Waals surface area contributed by atoms with Gasteiger partial charge >= 0.3 is 0 Å². The lowest BCUT2D eigenvalue weighted by atomic mass is 10.2. The number of methoxy groups -OCH3 is 2. The normalized spacial score (nSPS) is 11.1. The first-order chi connectivity index (χ1) is 21.2. The predicted molar refractivity (Wildman–Crippen MR) is 168 cm³/mol. The summed E-state index contributed by atoms with van der Waals surface area (Å²) in [7, 11) is -1.34. The van der Waals surface area contributed by atoms with E-state index in [0.29, 0.717) is 33.5 Å². The van der Waals surface area contributed by atoms with Crippen molar-refractivity contribution in [3.63, 3.8) is 0 Å². The maximum absolute atomic E-state index is 13.6. The van der Waals surface area contributed by atoms with Crippen LogP contribution in [0.3, 0.4) is 0 Å². The minimum atomic E-state index is -4.18. The molecule has 13 heteroatoms. The van der Waals surface area contributed by atoms with Crippen LogP contribution in [0.4, 0.5) is 11.4 Å². The number of carbonyl (C=O) groups excluding carboxylic acids is 2. The highest BCUT2D eigenvalue weighted by atomic mass is 35.5. The molecule has 0 aliphatic rings. The third kappa shape index (κ3) is 8.49. The lowest BCUT2D eigenvalue weighted by molar-refractivity contribution is -0.119. The van der Waals surface area contributed by atoms with Crippen molar-refractivity contribution in [1.82, 2.24) is 5.43 Å². The first-order valence-electron chi connectivity index (χ1n) is 13.1. The minimum Gasteiger partial charge on any atom is -0.493 e. The summed E-state index contributed by atoms with van der Waals surface area (Å²) < 4.78 is 44.2. The number of sulfonamides is 1. The zero-order valence-electron chi connectivity index (χ0n) is 23.8. The van der Waals surface area contributed by atoms with Crippen molar-refractivity contribution < 1.29 is 32.2 Å². The van der Waals surface area contributed by atoms with Crippen molar-refractivity contribution in [3.8, 4) is 17.2 Å². The van der Waals surface area contributed by atoms with Gasteiger partial charge in [0, 0.05) is 16.8 Å². The quantitative estimate of drug-likeness (QED) is 0.160. The number of ether oxygens (including phenoxy) is 3. The summed E-state index contributed by atoms with van der Waals surface area (Å²) in [5.41, 5.74) is 3.84. The summed E-state index contributed by atoms with van der Waals surface area (Å²) in [6.45, 7) is -0.748. The summed E-state index contributed by atoms with van der Waals surface area (Å²) in [5, 5.41) is 7.15. The first-order valence-corrected chi connectivity index (χ1v) is 14.9. The molecule has 0 bridgehead atoms. The second kappa shape index (κ2) is 14.9. The summed E-state index contributed by atoms with van der Waals surface area (Å²) in [6.07, 6.45) is 1.39. The van der Waals surface area contributed by atoms with Crippen molar-refractivity contribution in [2.45, 2.75) is 4.90 Å². The molecule has 44 heavy (non-hydrogen) atoms. The van der Waals surface area contributed by atoms with Gasteiger partial charge in [-0.3, -0.25) is 13.9 Å². The number of carbonyl (C=O) groups is 2. The number of halogens is 1. The number of benzene rings is 4. The van der Waals surface area contributed by atoms with Crippen molar-refractivity contribution in [2.24, 2.45) is 5.10 Å². The second-order valence-electron chi connectivity index (χ2n) is 9.07. The van der Waals surface area contributed by atoms with Crippen molar-refractivity contribution in [1.29, 1.82) is 0 Å². The molecule has 0 atom stereocenters. The number of hydrazone groups is 1. The molecule has 0 saturated carbocycles. The third-order valence-electron chi connectivity index (χ3n) is 6.04. The molecule has 2 amide bonds. The number of nitrogens with one attached hydrogen (secondary N) is 2. The van der Waals surface area contributed by atoms with Crippen LogP contribution >= 0.6 is 11.6 Å². The van der Waals surface area contributed by atoms with E-state index in [4.69, 9.17) is 25.8 Å². The van der Waals surface area contributed by atoms with Crippen molar-refractivity contribution in [2.75, 3.05) is 37.0 Å². The highest BCUT2D eigenvalue weighted by Crippen LogP contribution is 2.32. The van der Waals surface area contributed by atoms with Crippen LogP contribution in [-0.4, -0.2) is 53.8 Å². The number of hydrogen-bond donors (Lipinski definition) is 2. The number of hydrogen-bond acceptors (Lipinski definition) is 8. The molecule has 4 rings (SSSR count). The van der Waals surface area contributed by atoms with Crippen LogP contribution in [0.1, 0.15) is 5.56 Å². The molecule has 0 aliphatic carbocycles. The second-order valence-corrected chi connectivity index (χ2v) is 11.4. The smallest absolute Gasteiger partial charge is 0.264 e. The fraction of sp³-hybridized carbons (Fsp3) is 0.129. The van der Waals surface area contributed by atoms with Gasteiger partial charge in [0.2, 0.25) is 0 Å². The first kappa shape index (κ1) is 31.9. The predicted octanol–water partition coefficient (Wildman–Crippen LogP) is 4.72. The van der Waals surface area contributed by atoms with Gasteiger partial charge < -0.3 is 19.5 Å². The molecule has 228 valence electrons. The molecule has 0 heterocycles. The Morgan fingerprint density at radius 1 is 0.864 bits per heavy atom. The van der Waals surface area contributed by atoms with Gasteiger partial charge in [-0.1, -0.05) is 35.9 Å². The number of para-hydroxylation sites is 1. The van der Waals surface area contributed by atoms with E-state index < -0.39 is 22.5 Å². The molecule has 0 spiro atoms.